The van der Waals surface area contributed by atoms with Gasteiger partial charge in [-0.25, -0.2) is 0 Å². The van der Waals surface area contributed by atoms with Crippen LogP contribution in [-0.4, -0.2) is 0 Å². The van der Waals surface area contributed by atoms with Crippen molar-refractivity contribution < 1.29 is 19.5 Å². The van der Waals surface area contributed by atoms with Gasteiger partial charge in [0, 0.05) is 19.5 Å². The van der Waals surface area contributed by atoms with Crippen LogP contribution >= 0.6 is 11.6 Å². The van der Waals surface area contributed by atoms with Crippen LogP contribution in [0.2, 0.25) is 5.02 Å². The standard InChI is InChI=1S/C6H4Cl.Zn/c7-6-4-2-1-3-5-6;/h1-2,4-5H;/q-1;. The predicted octanol–water partition coefficient (Wildman–Crippen LogP) is 2.14. The molecule has 0 nitrogen and oxygen atoms in total. The summed E-state index contributed by atoms with van der Waals surface area (Å²) in [6.07, 6.45) is 0. The van der Waals surface area contributed by atoms with Gasteiger partial charge in [-0.1, -0.05) is 5.02 Å². The van der Waals surface area contributed by atoms with Gasteiger partial charge >= 0.3 is 0 Å². The van der Waals surface area contributed by atoms with Crippen LogP contribution in [0.25, 0.3) is 0 Å². The van der Waals surface area contributed by atoms with Gasteiger partial charge in [-0.3, -0.25) is 0 Å². The van der Waals surface area contributed by atoms with Gasteiger partial charge in [-0.15, -0.1) is 0 Å². The molecular weight excluding hydrogens is 173 g/mol. The second kappa shape index (κ2) is 4.06. The van der Waals surface area contributed by atoms with Gasteiger partial charge in [-0.05, 0) is 0 Å². The summed E-state index contributed by atoms with van der Waals surface area (Å²) < 4.78 is 0. The molecule has 0 aliphatic carbocycles. The predicted molar refractivity (Wildman–Crippen MR) is 30.3 cm³/mol. The minimum atomic E-state index is 0. The number of benzene rings is 1. The average molecular weight is 177 g/mol. The van der Waals surface area contributed by atoms with Crippen molar-refractivity contribution in [2.24, 2.45) is 0 Å². The minimum Gasteiger partial charge on any atom is -0.182 e. The molecule has 8 heavy (non-hydrogen) atoms. The Kier molecular flexibility index (Phi) is 4.12. The zero-order valence-electron chi connectivity index (χ0n) is 4.39. The molecule has 0 saturated carbocycles. The van der Waals surface area contributed by atoms with Gasteiger partial charge in [0.25, 0.3) is 0 Å². The van der Waals surface area contributed by atoms with Gasteiger partial charge in [0.2, 0.25) is 0 Å². The van der Waals surface area contributed by atoms with E-state index in [1.807, 2.05) is 18.2 Å². The third-order valence-corrected chi connectivity index (χ3v) is 0.904. The summed E-state index contributed by atoms with van der Waals surface area (Å²) in [6, 6.07) is 10.0. The maximum atomic E-state index is 5.51. The van der Waals surface area contributed by atoms with Crippen molar-refractivity contribution in [3.05, 3.63) is 35.4 Å². The van der Waals surface area contributed by atoms with E-state index < -0.39 is 0 Å². The van der Waals surface area contributed by atoms with Crippen molar-refractivity contribution in [1.29, 1.82) is 0 Å². The molecule has 0 heterocycles. The largest absolute Gasteiger partial charge is 0.182 e. The molecule has 0 saturated heterocycles. The molecule has 0 unspecified atom stereocenters. The molecule has 0 bridgehead atoms. The van der Waals surface area contributed by atoms with Crippen LogP contribution in [0.4, 0.5) is 0 Å². The molecule has 0 spiro atoms. The van der Waals surface area contributed by atoms with Crippen molar-refractivity contribution in [3.63, 3.8) is 0 Å². The average Bonchev–Trinajstić information content (AvgIpc) is 1.69. The van der Waals surface area contributed by atoms with Crippen LogP contribution in [0.15, 0.2) is 24.3 Å². The Morgan fingerprint density at radius 1 is 1.50 bits per heavy atom. The first kappa shape index (κ1) is 8.13. The molecule has 0 fully saturated rings. The first-order valence-electron chi connectivity index (χ1n) is 2.01. The molecule has 38 valence electrons. The molecule has 0 atom stereocenters. The zero-order valence-corrected chi connectivity index (χ0v) is 8.12. The summed E-state index contributed by atoms with van der Waals surface area (Å²) in [5.41, 5.74) is 0. The summed E-state index contributed by atoms with van der Waals surface area (Å²) in [7, 11) is 0. The molecule has 0 aromatic heterocycles. The fourth-order valence-corrected chi connectivity index (χ4v) is 0.507. The molecule has 1 aromatic carbocycles. The molecule has 2 heteroatoms. The molecular formula is C6H4ClZn-. The number of hydrogen-bond acceptors (Lipinski definition) is 0. The third-order valence-electron chi connectivity index (χ3n) is 0.669. The second-order valence-electron chi connectivity index (χ2n) is 1.22. The zero-order chi connectivity index (χ0) is 5.11. The van der Waals surface area contributed by atoms with Gasteiger partial charge in [0.15, 0.2) is 0 Å². The molecule has 1 rings (SSSR count). The van der Waals surface area contributed by atoms with E-state index in [2.05, 4.69) is 6.07 Å². The summed E-state index contributed by atoms with van der Waals surface area (Å²) in [5, 5.41) is 0.738. The van der Waals surface area contributed by atoms with E-state index in [4.69, 9.17) is 11.6 Å². The summed E-state index contributed by atoms with van der Waals surface area (Å²) >= 11 is 5.51. The Morgan fingerprint density at radius 3 is 2.50 bits per heavy atom. The van der Waals surface area contributed by atoms with Crippen molar-refractivity contribution >= 4 is 11.6 Å². The smallest absolute Gasteiger partial charge is 0 e. The maximum Gasteiger partial charge on any atom is 0 e. The van der Waals surface area contributed by atoms with E-state index in [-0.39, 0.29) is 19.5 Å². The van der Waals surface area contributed by atoms with Gasteiger partial charge in [0.1, 0.15) is 0 Å². The molecule has 0 aliphatic rings. The van der Waals surface area contributed by atoms with Crippen molar-refractivity contribution in [1.82, 2.24) is 0 Å². The Labute approximate surface area is 66.6 Å². The molecule has 0 aliphatic heterocycles. The van der Waals surface area contributed by atoms with Crippen LogP contribution in [0.1, 0.15) is 0 Å². The second-order valence-corrected chi connectivity index (χ2v) is 1.66. The molecule has 0 N–H and O–H groups in total. The quantitative estimate of drug-likeness (QED) is 0.420. The van der Waals surface area contributed by atoms with Crippen LogP contribution < -0.4 is 0 Å². The van der Waals surface area contributed by atoms with Crippen LogP contribution in [0.3, 0.4) is 0 Å². The SMILES string of the molecule is Clc1c[c-]ccc1.[Zn]. The fourth-order valence-electron chi connectivity index (χ4n) is 0.371. The summed E-state index contributed by atoms with van der Waals surface area (Å²) in [6.45, 7) is 0. The Balaban J connectivity index is 0.000000490. The molecule has 0 amide bonds. The van der Waals surface area contributed by atoms with Crippen molar-refractivity contribution in [2.75, 3.05) is 0 Å². The topological polar surface area (TPSA) is 0 Å². The van der Waals surface area contributed by atoms with E-state index in [0.717, 1.165) is 5.02 Å². The normalized spacial score (nSPS) is 7.62. The van der Waals surface area contributed by atoms with E-state index in [9.17, 15) is 0 Å². The van der Waals surface area contributed by atoms with Crippen molar-refractivity contribution in [3.8, 4) is 0 Å². The monoisotopic (exact) mass is 175 g/mol. The third kappa shape index (κ3) is 2.44. The first-order valence-corrected chi connectivity index (χ1v) is 2.39. The van der Waals surface area contributed by atoms with E-state index in [1.165, 1.54) is 0 Å². The number of hydrogen-bond donors (Lipinski definition) is 0. The first-order chi connectivity index (χ1) is 3.39. The number of halogens is 1. The van der Waals surface area contributed by atoms with Crippen molar-refractivity contribution in [2.45, 2.75) is 0 Å². The maximum absolute atomic E-state index is 5.51. The van der Waals surface area contributed by atoms with E-state index in [1.54, 1.807) is 6.07 Å². The van der Waals surface area contributed by atoms with E-state index >= 15 is 0 Å². The summed E-state index contributed by atoms with van der Waals surface area (Å²) in [4.78, 5) is 0. The Morgan fingerprint density at radius 2 is 2.25 bits per heavy atom. The molecule has 0 radical (unpaired) electrons. The van der Waals surface area contributed by atoms with Crippen LogP contribution in [-0.2, 0) is 19.5 Å². The molecule has 1 aromatic rings. The number of rotatable bonds is 0. The van der Waals surface area contributed by atoms with Gasteiger partial charge in [0.05, 0.1) is 0 Å². The van der Waals surface area contributed by atoms with E-state index in [0.29, 0.717) is 0 Å². The minimum absolute atomic E-state index is 0. The Bertz CT molecular complexity index is 138. The Hall–Kier alpha value is 0.133. The van der Waals surface area contributed by atoms with Gasteiger partial charge < -0.3 is 0 Å². The summed E-state index contributed by atoms with van der Waals surface area (Å²) in [5.74, 6) is 0. The van der Waals surface area contributed by atoms with Gasteiger partial charge in [-0.2, -0.15) is 41.9 Å². The van der Waals surface area contributed by atoms with Crippen LogP contribution in [0, 0.1) is 6.07 Å². The van der Waals surface area contributed by atoms with Crippen LogP contribution in [0.5, 0.6) is 0 Å². The fraction of sp³-hybridized carbons (Fsp3) is 0.